The number of esters is 1. The van der Waals surface area contributed by atoms with Crippen molar-refractivity contribution in [3.05, 3.63) is 18.2 Å². The minimum atomic E-state index is -0.279. The number of benzene rings is 1. The van der Waals surface area contributed by atoms with Crippen LogP contribution in [0.15, 0.2) is 23.2 Å². The van der Waals surface area contributed by atoms with Crippen LogP contribution in [-0.2, 0) is 19.0 Å². The molecule has 0 aromatic heterocycles. The maximum atomic E-state index is 11.4. The van der Waals surface area contributed by atoms with Crippen LogP contribution in [-0.4, -0.2) is 72.3 Å². The second-order valence-corrected chi connectivity index (χ2v) is 6.28. The highest BCUT2D eigenvalue weighted by atomic mass is 127. The van der Waals surface area contributed by atoms with Crippen molar-refractivity contribution in [1.82, 2.24) is 5.32 Å². The van der Waals surface area contributed by atoms with Gasteiger partial charge in [0.1, 0.15) is 0 Å². The Labute approximate surface area is 194 Å². The lowest BCUT2D eigenvalue weighted by Gasteiger charge is -2.14. The average Bonchev–Trinajstić information content (AvgIpc) is 2.97. The Morgan fingerprint density at radius 2 is 1.93 bits per heavy atom. The van der Waals surface area contributed by atoms with Gasteiger partial charge in [-0.1, -0.05) is 0 Å². The number of methoxy groups -OCH3 is 2. The van der Waals surface area contributed by atoms with Crippen LogP contribution in [0.3, 0.4) is 0 Å². The number of nitrogens with zero attached hydrogens (tertiary/aromatic N) is 1. The summed E-state index contributed by atoms with van der Waals surface area (Å²) in [7, 11) is 3.02. The zero-order valence-electron chi connectivity index (χ0n) is 17.6. The lowest BCUT2D eigenvalue weighted by atomic mass is 10.2. The van der Waals surface area contributed by atoms with Gasteiger partial charge in [-0.25, -0.2) is 0 Å². The highest BCUT2D eigenvalue weighted by Crippen LogP contribution is 2.32. The number of aliphatic imine (C=N–C) groups is 1. The number of rotatable bonds is 11. The van der Waals surface area contributed by atoms with Crippen LogP contribution in [0.2, 0.25) is 0 Å². The maximum Gasteiger partial charge on any atom is 0.307 e. The highest BCUT2D eigenvalue weighted by Gasteiger charge is 2.11. The van der Waals surface area contributed by atoms with E-state index < -0.39 is 0 Å². The van der Waals surface area contributed by atoms with Crippen molar-refractivity contribution >= 4 is 41.6 Å². The van der Waals surface area contributed by atoms with Gasteiger partial charge in [-0.05, 0) is 18.6 Å². The molecule has 0 fully saturated rings. The van der Waals surface area contributed by atoms with Crippen LogP contribution in [0, 0.1) is 0 Å². The number of ether oxygens (including phenoxy) is 5. The summed E-state index contributed by atoms with van der Waals surface area (Å²) < 4.78 is 26.5. The van der Waals surface area contributed by atoms with E-state index >= 15 is 0 Å². The Bertz CT molecular complexity index is 659. The van der Waals surface area contributed by atoms with Crippen molar-refractivity contribution in [2.75, 3.05) is 65.7 Å². The SMILES string of the molecule is COCCOCCCN=C(NCCC(=O)OC)Nc1ccc2c(c1)OCCCO2.I. The molecule has 0 amide bonds. The Kier molecular flexibility index (Phi) is 14.0. The van der Waals surface area contributed by atoms with E-state index in [2.05, 4.69) is 20.4 Å². The summed E-state index contributed by atoms with van der Waals surface area (Å²) >= 11 is 0. The van der Waals surface area contributed by atoms with Crippen LogP contribution in [0.4, 0.5) is 5.69 Å². The van der Waals surface area contributed by atoms with Crippen molar-refractivity contribution in [2.24, 2.45) is 4.99 Å². The molecule has 1 aromatic carbocycles. The number of hydrogen-bond donors (Lipinski definition) is 2. The number of carbonyl (C=O) groups is 1. The Morgan fingerprint density at radius 1 is 1.13 bits per heavy atom. The van der Waals surface area contributed by atoms with Gasteiger partial charge in [-0.2, -0.15) is 0 Å². The number of fused-ring (bicyclic) bond motifs is 1. The summed E-state index contributed by atoms with van der Waals surface area (Å²) in [6, 6.07) is 5.66. The predicted molar refractivity (Wildman–Crippen MR) is 125 cm³/mol. The number of carbonyl (C=O) groups excluding carboxylic acids is 1. The fourth-order valence-corrected chi connectivity index (χ4v) is 2.50. The summed E-state index contributed by atoms with van der Waals surface area (Å²) in [5, 5.41) is 6.39. The predicted octanol–water partition coefficient (Wildman–Crippen LogP) is 2.44. The van der Waals surface area contributed by atoms with Gasteiger partial charge >= 0.3 is 5.97 Å². The van der Waals surface area contributed by atoms with Crippen molar-refractivity contribution in [1.29, 1.82) is 0 Å². The minimum absolute atomic E-state index is 0. The molecule has 30 heavy (non-hydrogen) atoms. The third kappa shape index (κ3) is 10.3. The number of hydrogen-bond acceptors (Lipinski definition) is 7. The van der Waals surface area contributed by atoms with Gasteiger partial charge < -0.3 is 34.3 Å². The molecule has 2 rings (SSSR count). The molecule has 1 aliphatic rings. The van der Waals surface area contributed by atoms with E-state index in [4.69, 9.17) is 18.9 Å². The summed E-state index contributed by atoms with van der Waals surface area (Å²) in [5.41, 5.74) is 0.815. The first kappa shape index (κ1) is 26.2. The second kappa shape index (κ2) is 16.0. The van der Waals surface area contributed by atoms with E-state index in [-0.39, 0.29) is 36.4 Å². The highest BCUT2D eigenvalue weighted by molar-refractivity contribution is 14.0. The Balaban J connectivity index is 0.00000450. The molecule has 0 spiro atoms. The van der Waals surface area contributed by atoms with Gasteiger partial charge in [0, 0.05) is 45.0 Å². The molecule has 9 nitrogen and oxygen atoms in total. The fraction of sp³-hybridized carbons (Fsp3) is 0.600. The molecule has 1 heterocycles. The molecule has 0 unspecified atom stereocenters. The lowest BCUT2D eigenvalue weighted by Crippen LogP contribution is -2.33. The van der Waals surface area contributed by atoms with Crippen molar-refractivity contribution in [3.8, 4) is 11.5 Å². The molecular weight excluding hydrogens is 505 g/mol. The van der Waals surface area contributed by atoms with Crippen molar-refractivity contribution < 1.29 is 28.5 Å². The quantitative estimate of drug-likeness (QED) is 0.146. The molecule has 0 radical (unpaired) electrons. The minimum Gasteiger partial charge on any atom is -0.490 e. The van der Waals surface area contributed by atoms with Gasteiger partial charge in [-0.3, -0.25) is 9.79 Å². The van der Waals surface area contributed by atoms with E-state index in [0.29, 0.717) is 57.8 Å². The van der Waals surface area contributed by atoms with Crippen molar-refractivity contribution in [2.45, 2.75) is 19.3 Å². The summed E-state index contributed by atoms with van der Waals surface area (Å²) in [6.07, 6.45) is 1.87. The smallest absolute Gasteiger partial charge is 0.307 e. The first-order valence-corrected chi connectivity index (χ1v) is 9.81. The van der Waals surface area contributed by atoms with Gasteiger partial charge in [0.2, 0.25) is 0 Å². The molecule has 0 bridgehead atoms. The first-order valence-electron chi connectivity index (χ1n) is 9.81. The summed E-state index contributed by atoms with van der Waals surface area (Å²) in [4.78, 5) is 15.9. The lowest BCUT2D eigenvalue weighted by molar-refractivity contribution is -0.140. The van der Waals surface area contributed by atoms with E-state index in [1.807, 2.05) is 18.2 Å². The first-order chi connectivity index (χ1) is 14.2. The molecule has 0 saturated heterocycles. The topological polar surface area (TPSA) is 99.6 Å². The molecule has 0 aliphatic carbocycles. The molecule has 10 heteroatoms. The van der Waals surface area contributed by atoms with Gasteiger partial charge in [-0.15, -0.1) is 24.0 Å². The Morgan fingerprint density at radius 3 is 2.70 bits per heavy atom. The number of halogens is 1. The number of anilines is 1. The van der Waals surface area contributed by atoms with E-state index in [1.165, 1.54) is 7.11 Å². The maximum absolute atomic E-state index is 11.4. The zero-order valence-corrected chi connectivity index (χ0v) is 19.9. The standard InChI is InChI=1S/C20H31N3O6.HI/c1-25-13-14-27-10-3-8-21-20(22-9-7-19(24)26-2)23-16-5-6-17-18(15-16)29-12-4-11-28-17;/h5-6,15H,3-4,7-14H2,1-2H3,(H2,21,22,23);1H. The summed E-state index contributed by atoms with van der Waals surface area (Å²) in [6.45, 7) is 4.01. The van der Waals surface area contributed by atoms with E-state index in [0.717, 1.165) is 24.3 Å². The number of guanidine groups is 1. The zero-order chi connectivity index (χ0) is 20.7. The van der Waals surface area contributed by atoms with Crippen LogP contribution in [0.5, 0.6) is 11.5 Å². The number of nitrogens with one attached hydrogen (secondary N) is 2. The third-order valence-electron chi connectivity index (χ3n) is 4.01. The second-order valence-electron chi connectivity index (χ2n) is 6.28. The van der Waals surface area contributed by atoms with Gasteiger partial charge in [0.15, 0.2) is 17.5 Å². The van der Waals surface area contributed by atoms with Crippen LogP contribution in [0.1, 0.15) is 19.3 Å². The molecule has 1 aromatic rings. The third-order valence-corrected chi connectivity index (χ3v) is 4.01. The van der Waals surface area contributed by atoms with Crippen LogP contribution >= 0.6 is 24.0 Å². The van der Waals surface area contributed by atoms with Gasteiger partial charge in [0.05, 0.1) is 40.0 Å². The molecular formula is C20H32IN3O6. The van der Waals surface area contributed by atoms with Crippen LogP contribution in [0.25, 0.3) is 0 Å². The molecule has 0 saturated carbocycles. The van der Waals surface area contributed by atoms with Crippen molar-refractivity contribution in [3.63, 3.8) is 0 Å². The normalized spacial score (nSPS) is 13.1. The van der Waals surface area contributed by atoms with Crippen LogP contribution < -0.4 is 20.1 Å². The summed E-state index contributed by atoms with van der Waals surface area (Å²) in [5.74, 6) is 1.73. The monoisotopic (exact) mass is 537 g/mol. The molecule has 2 N–H and O–H groups in total. The van der Waals surface area contributed by atoms with E-state index in [1.54, 1.807) is 7.11 Å². The van der Waals surface area contributed by atoms with Gasteiger partial charge in [0.25, 0.3) is 0 Å². The van der Waals surface area contributed by atoms with E-state index in [9.17, 15) is 4.79 Å². The molecule has 0 atom stereocenters. The Hall–Kier alpha value is -1.79. The largest absolute Gasteiger partial charge is 0.490 e. The molecule has 170 valence electrons. The fourth-order valence-electron chi connectivity index (χ4n) is 2.50. The molecule has 1 aliphatic heterocycles. The average molecular weight is 537 g/mol.